The van der Waals surface area contributed by atoms with E-state index in [4.69, 9.17) is 0 Å². The number of rotatable bonds is 6. The fraction of sp³-hybridized carbons (Fsp3) is 0.579. The second-order valence-electron chi connectivity index (χ2n) is 6.87. The zero-order valence-corrected chi connectivity index (χ0v) is 16.3. The summed E-state index contributed by atoms with van der Waals surface area (Å²) in [6.45, 7) is 4.09. The molecule has 1 unspecified atom stereocenters. The summed E-state index contributed by atoms with van der Waals surface area (Å²) in [5.41, 5.74) is 0.977. The van der Waals surface area contributed by atoms with E-state index in [1.165, 1.54) is 12.1 Å². The molecule has 6 nitrogen and oxygen atoms in total. The van der Waals surface area contributed by atoms with E-state index >= 15 is 0 Å². The molecule has 0 radical (unpaired) electrons. The first-order valence-corrected chi connectivity index (χ1v) is 10.6. The molecular weight excluding hydrogens is 367 g/mol. The highest BCUT2D eigenvalue weighted by Crippen LogP contribution is 2.17. The van der Waals surface area contributed by atoms with E-state index in [-0.39, 0.29) is 23.7 Å². The molecule has 1 aromatic carbocycles. The molecule has 0 aliphatic carbocycles. The van der Waals surface area contributed by atoms with Crippen molar-refractivity contribution in [3.05, 3.63) is 30.1 Å². The van der Waals surface area contributed by atoms with E-state index in [1.807, 2.05) is 16.7 Å². The maximum Gasteiger partial charge on any atom is 0.224 e. The summed E-state index contributed by atoms with van der Waals surface area (Å²) in [6, 6.07) is 6.68. The second kappa shape index (κ2) is 9.94. The van der Waals surface area contributed by atoms with E-state index in [0.717, 1.165) is 36.8 Å². The van der Waals surface area contributed by atoms with Crippen molar-refractivity contribution in [2.45, 2.75) is 18.9 Å². The SMILES string of the molecule is O=C(CC1CSCCN1)NCCC(=O)N1CCN(c2ccc(F)cc2)CC1. The molecule has 8 heteroatoms. The summed E-state index contributed by atoms with van der Waals surface area (Å²) in [5.74, 6) is 1.89. The Balaban J connectivity index is 1.33. The zero-order chi connectivity index (χ0) is 19.1. The molecule has 2 aliphatic heterocycles. The van der Waals surface area contributed by atoms with Crippen molar-refractivity contribution in [1.82, 2.24) is 15.5 Å². The van der Waals surface area contributed by atoms with Crippen LogP contribution in [0.3, 0.4) is 0 Å². The number of anilines is 1. The average molecular weight is 395 g/mol. The van der Waals surface area contributed by atoms with Crippen molar-refractivity contribution in [2.24, 2.45) is 0 Å². The lowest BCUT2D eigenvalue weighted by Crippen LogP contribution is -2.49. The van der Waals surface area contributed by atoms with Gasteiger partial charge in [-0.1, -0.05) is 0 Å². The monoisotopic (exact) mass is 394 g/mol. The summed E-state index contributed by atoms with van der Waals surface area (Å²) in [5, 5.41) is 6.20. The van der Waals surface area contributed by atoms with Crippen LogP contribution in [0.4, 0.5) is 10.1 Å². The molecule has 2 saturated heterocycles. The zero-order valence-electron chi connectivity index (χ0n) is 15.5. The van der Waals surface area contributed by atoms with Gasteiger partial charge in [0, 0.05) is 75.3 Å². The number of carbonyl (C=O) groups excluding carboxylic acids is 2. The van der Waals surface area contributed by atoms with E-state index < -0.39 is 0 Å². The number of amides is 2. The number of piperazine rings is 1. The standard InChI is InChI=1S/C19H27FN4O2S/c20-15-1-3-17(4-2-15)23-8-10-24(11-9-23)19(26)5-6-22-18(25)13-16-14-27-12-7-21-16/h1-4,16,21H,5-14H2,(H,22,25). The van der Waals surface area contributed by atoms with Crippen LogP contribution in [0.5, 0.6) is 0 Å². The van der Waals surface area contributed by atoms with Crippen LogP contribution in [0, 0.1) is 5.82 Å². The Kier molecular flexibility index (Phi) is 7.34. The number of carbonyl (C=O) groups is 2. The maximum absolute atomic E-state index is 13.0. The number of hydrogen-bond donors (Lipinski definition) is 2. The van der Waals surface area contributed by atoms with Gasteiger partial charge in [0.15, 0.2) is 0 Å². The summed E-state index contributed by atoms with van der Waals surface area (Å²) in [4.78, 5) is 28.3. The fourth-order valence-electron chi connectivity index (χ4n) is 3.38. The Morgan fingerprint density at radius 3 is 2.59 bits per heavy atom. The number of benzene rings is 1. The van der Waals surface area contributed by atoms with Gasteiger partial charge in [-0.05, 0) is 24.3 Å². The van der Waals surface area contributed by atoms with Gasteiger partial charge in [-0.15, -0.1) is 0 Å². The Hall–Kier alpha value is -1.80. The van der Waals surface area contributed by atoms with Crippen molar-refractivity contribution in [1.29, 1.82) is 0 Å². The highest BCUT2D eigenvalue weighted by Gasteiger charge is 2.21. The predicted molar refractivity (Wildman–Crippen MR) is 107 cm³/mol. The molecule has 1 atom stereocenters. The summed E-state index contributed by atoms with van der Waals surface area (Å²) in [7, 11) is 0. The van der Waals surface area contributed by atoms with Crippen LogP contribution in [-0.2, 0) is 9.59 Å². The first-order chi connectivity index (χ1) is 13.1. The van der Waals surface area contributed by atoms with Gasteiger partial charge in [0.05, 0.1) is 0 Å². The number of nitrogens with zero attached hydrogens (tertiary/aromatic N) is 2. The molecule has 3 rings (SSSR count). The fourth-order valence-corrected chi connectivity index (χ4v) is 4.33. The van der Waals surface area contributed by atoms with Gasteiger partial charge in [-0.25, -0.2) is 4.39 Å². The van der Waals surface area contributed by atoms with Gasteiger partial charge in [0.1, 0.15) is 5.82 Å². The van der Waals surface area contributed by atoms with Crippen molar-refractivity contribution in [2.75, 3.05) is 55.7 Å². The Morgan fingerprint density at radius 1 is 1.19 bits per heavy atom. The van der Waals surface area contributed by atoms with Crippen LogP contribution in [0.2, 0.25) is 0 Å². The van der Waals surface area contributed by atoms with Crippen molar-refractivity contribution >= 4 is 29.3 Å². The molecule has 1 aromatic rings. The number of halogens is 1. The molecule has 2 heterocycles. The van der Waals surface area contributed by atoms with Gasteiger partial charge in [0.2, 0.25) is 11.8 Å². The third-order valence-electron chi connectivity index (χ3n) is 4.92. The first-order valence-electron chi connectivity index (χ1n) is 9.48. The molecule has 27 heavy (non-hydrogen) atoms. The normalized spacial score (nSPS) is 20.4. The van der Waals surface area contributed by atoms with Gasteiger partial charge in [-0.2, -0.15) is 11.8 Å². The van der Waals surface area contributed by atoms with Crippen LogP contribution in [0.15, 0.2) is 24.3 Å². The second-order valence-corrected chi connectivity index (χ2v) is 8.02. The molecular formula is C19H27FN4O2S. The molecule has 0 spiro atoms. The minimum absolute atomic E-state index is 0.00364. The molecule has 2 N–H and O–H groups in total. The summed E-state index contributed by atoms with van der Waals surface area (Å²) < 4.78 is 13.0. The minimum Gasteiger partial charge on any atom is -0.368 e. The highest BCUT2D eigenvalue weighted by atomic mass is 32.2. The lowest BCUT2D eigenvalue weighted by Gasteiger charge is -2.36. The van der Waals surface area contributed by atoms with Crippen LogP contribution >= 0.6 is 11.8 Å². The molecule has 148 valence electrons. The van der Waals surface area contributed by atoms with Crippen molar-refractivity contribution < 1.29 is 14.0 Å². The first kappa shape index (κ1) is 19.9. The molecule has 0 aromatic heterocycles. The van der Waals surface area contributed by atoms with Crippen LogP contribution in [0.1, 0.15) is 12.8 Å². The van der Waals surface area contributed by atoms with Crippen molar-refractivity contribution in [3.63, 3.8) is 0 Å². The van der Waals surface area contributed by atoms with E-state index in [1.54, 1.807) is 12.1 Å². The van der Waals surface area contributed by atoms with Crippen molar-refractivity contribution in [3.8, 4) is 0 Å². The van der Waals surface area contributed by atoms with E-state index in [9.17, 15) is 14.0 Å². The highest BCUT2D eigenvalue weighted by molar-refractivity contribution is 7.99. The average Bonchev–Trinajstić information content (AvgIpc) is 2.69. The Labute approximate surface area is 163 Å². The Bertz CT molecular complexity index is 629. The van der Waals surface area contributed by atoms with E-state index in [2.05, 4.69) is 15.5 Å². The Morgan fingerprint density at radius 2 is 1.93 bits per heavy atom. The predicted octanol–water partition coefficient (Wildman–Crippen LogP) is 1.08. The summed E-state index contributed by atoms with van der Waals surface area (Å²) in [6.07, 6.45) is 0.798. The van der Waals surface area contributed by atoms with Gasteiger partial charge in [-0.3, -0.25) is 9.59 Å². The van der Waals surface area contributed by atoms with Crippen LogP contribution in [-0.4, -0.2) is 73.5 Å². The number of hydrogen-bond acceptors (Lipinski definition) is 5. The lowest BCUT2D eigenvalue weighted by molar-refractivity contribution is -0.131. The quantitative estimate of drug-likeness (QED) is 0.756. The summed E-state index contributed by atoms with van der Waals surface area (Å²) >= 11 is 1.87. The van der Waals surface area contributed by atoms with Crippen LogP contribution < -0.4 is 15.5 Å². The minimum atomic E-state index is -0.243. The van der Waals surface area contributed by atoms with E-state index in [0.29, 0.717) is 32.5 Å². The largest absolute Gasteiger partial charge is 0.368 e. The van der Waals surface area contributed by atoms with Gasteiger partial charge >= 0.3 is 0 Å². The van der Waals surface area contributed by atoms with Crippen LogP contribution in [0.25, 0.3) is 0 Å². The maximum atomic E-state index is 13.0. The number of thioether (sulfide) groups is 1. The molecule has 2 fully saturated rings. The molecule has 0 saturated carbocycles. The topological polar surface area (TPSA) is 64.7 Å². The van der Waals surface area contributed by atoms with Gasteiger partial charge < -0.3 is 20.4 Å². The lowest BCUT2D eigenvalue weighted by atomic mass is 10.2. The number of nitrogens with one attached hydrogen (secondary N) is 2. The third kappa shape index (κ3) is 6.10. The molecule has 2 aliphatic rings. The van der Waals surface area contributed by atoms with Gasteiger partial charge in [0.25, 0.3) is 0 Å². The molecule has 0 bridgehead atoms. The third-order valence-corrected chi connectivity index (χ3v) is 6.05. The smallest absolute Gasteiger partial charge is 0.224 e. The molecule has 2 amide bonds.